The zero-order chi connectivity index (χ0) is 20.7. The van der Waals surface area contributed by atoms with Crippen LogP contribution in [0.5, 0.6) is 0 Å². The Morgan fingerprint density at radius 1 is 1.27 bits per heavy atom. The first-order valence-electron chi connectivity index (χ1n) is 10.5. The van der Waals surface area contributed by atoms with E-state index in [4.69, 9.17) is 15.2 Å². The van der Waals surface area contributed by atoms with Crippen LogP contribution in [-0.2, 0) is 7.05 Å². The second kappa shape index (κ2) is 7.57. The summed E-state index contributed by atoms with van der Waals surface area (Å²) >= 11 is 0. The number of rotatable bonds is 6. The summed E-state index contributed by atoms with van der Waals surface area (Å²) < 4.78 is 1.90. The molecule has 0 aromatic carbocycles. The summed E-state index contributed by atoms with van der Waals surface area (Å²) in [6.45, 7) is 2.84. The van der Waals surface area contributed by atoms with Gasteiger partial charge in [-0.3, -0.25) is 10.00 Å². The Balaban J connectivity index is 1.37. The van der Waals surface area contributed by atoms with Crippen LogP contribution in [-0.4, -0.2) is 59.3 Å². The highest BCUT2D eigenvalue weighted by Gasteiger charge is 2.40. The Labute approximate surface area is 174 Å². The smallest absolute Gasteiger partial charge is 0.227 e. The van der Waals surface area contributed by atoms with Crippen LogP contribution in [0, 0.1) is 18.3 Å². The van der Waals surface area contributed by atoms with E-state index in [9.17, 15) is 0 Å². The lowest BCUT2D eigenvalue weighted by atomic mass is 9.97. The number of nitriles is 1. The van der Waals surface area contributed by atoms with Crippen LogP contribution in [0.1, 0.15) is 37.8 Å². The minimum absolute atomic E-state index is 0.326. The molecular formula is C20H26N10. The summed E-state index contributed by atoms with van der Waals surface area (Å²) in [5.41, 5.74) is 2.47. The molecule has 0 spiro atoms. The van der Waals surface area contributed by atoms with Crippen LogP contribution in [0.3, 0.4) is 0 Å². The minimum atomic E-state index is 0.326. The molecule has 2 fully saturated rings. The van der Waals surface area contributed by atoms with Crippen molar-refractivity contribution in [3.63, 3.8) is 0 Å². The van der Waals surface area contributed by atoms with E-state index in [2.05, 4.69) is 36.8 Å². The molecule has 3 N–H and O–H groups in total. The highest BCUT2D eigenvalue weighted by Crippen LogP contribution is 2.36. The van der Waals surface area contributed by atoms with Crippen molar-refractivity contribution in [2.45, 2.75) is 57.2 Å². The van der Waals surface area contributed by atoms with E-state index < -0.39 is 0 Å². The van der Waals surface area contributed by atoms with Crippen molar-refractivity contribution in [1.82, 2.24) is 34.6 Å². The van der Waals surface area contributed by atoms with Gasteiger partial charge in [-0.2, -0.15) is 20.3 Å². The number of fused-ring (bicyclic) bond motifs is 3. The molecule has 5 rings (SSSR count). The number of hydrogen-bond donors (Lipinski definition) is 3. The van der Waals surface area contributed by atoms with Crippen molar-refractivity contribution in [3.05, 3.63) is 18.1 Å². The third-order valence-electron chi connectivity index (χ3n) is 6.21. The zero-order valence-electron chi connectivity index (χ0n) is 17.3. The first-order chi connectivity index (χ1) is 14.6. The van der Waals surface area contributed by atoms with Crippen LogP contribution in [0.4, 0.5) is 17.6 Å². The van der Waals surface area contributed by atoms with E-state index in [0.29, 0.717) is 42.1 Å². The highest BCUT2D eigenvalue weighted by molar-refractivity contribution is 5.86. The summed E-state index contributed by atoms with van der Waals surface area (Å²) in [5, 5.41) is 23.0. The number of nitrogens with one attached hydrogen (secondary N) is 3. The van der Waals surface area contributed by atoms with E-state index >= 15 is 0 Å². The Morgan fingerprint density at radius 3 is 2.77 bits per heavy atom. The highest BCUT2D eigenvalue weighted by atomic mass is 15.3. The van der Waals surface area contributed by atoms with Gasteiger partial charge >= 0.3 is 0 Å². The van der Waals surface area contributed by atoms with Gasteiger partial charge in [0.2, 0.25) is 5.95 Å². The van der Waals surface area contributed by atoms with Gasteiger partial charge in [0, 0.05) is 49.9 Å². The Hall–Kier alpha value is -3.19. The predicted molar refractivity (Wildman–Crippen MR) is 113 cm³/mol. The fraction of sp³-hybridized carbons (Fsp3) is 0.550. The summed E-state index contributed by atoms with van der Waals surface area (Å²) in [6.07, 6.45) is 6.87. The standard InChI is InChI=1S/C20H26N10/c1-12-8-16(28-27-12)24-18-17-19(29(2)11-22-17)26-20(25-18)23-13-9-14-4-5-15(10-13)30(14)7-3-6-21/h8,11,13-15H,3-5,7,9-10H2,1-2H3,(H3,23,24,25,26,27,28)/t13-,14-,15?/m0/s1. The lowest BCUT2D eigenvalue weighted by molar-refractivity contribution is 0.135. The monoisotopic (exact) mass is 406 g/mol. The predicted octanol–water partition coefficient (Wildman–Crippen LogP) is 2.46. The maximum Gasteiger partial charge on any atom is 0.227 e. The van der Waals surface area contributed by atoms with Crippen LogP contribution in [0.15, 0.2) is 12.4 Å². The largest absolute Gasteiger partial charge is 0.351 e. The van der Waals surface area contributed by atoms with Gasteiger partial charge in [-0.05, 0) is 32.6 Å². The Kier molecular flexibility index (Phi) is 4.75. The average molecular weight is 406 g/mol. The second-order valence-corrected chi connectivity index (χ2v) is 8.33. The third-order valence-corrected chi connectivity index (χ3v) is 6.21. The molecule has 0 radical (unpaired) electrons. The van der Waals surface area contributed by atoms with Gasteiger partial charge in [0.15, 0.2) is 22.8 Å². The number of H-pyrrole nitrogens is 1. The van der Waals surface area contributed by atoms with E-state index in [1.165, 1.54) is 12.8 Å². The molecule has 2 bridgehead atoms. The van der Waals surface area contributed by atoms with Gasteiger partial charge in [0.1, 0.15) is 0 Å². The van der Waals surface area contributed by atoms with E-state index in [0.717, 1.165) is 36.2 Å². The SMILES string of the molecule is Cc1cc(Nc2nc(N[C@@H]3CC4CC[C@@H](C3)N4CCC#N)nc3c2ncn3C)n[nH]1. The second-order valence-electron chi connectivity index (χ2n) is 8.33. The maximum atomic E-state index is 8.94. The topological polar surface area (TPSA) is 123 Å². The molecule has 3 aromatic rings. The van der Waals surface area contributed by atoms with Gasteiger partial charge in [-0.25, -0.2) is 4.98 Å². The summed E-state index contributed by atoms with van der Waals surface area (Å²) in [5.74, 6) is 1.95. The lowest BCUT2D eigenvalue weighted by Crippen LogP contribution is -2.47. The number of aromatic nitrogens is 6. The molecule has 10 heteroatoms. The van der Waals surface area contributed by atoms with Crippen LogP contribution < -0.4 is 10.6 Å². The van der Waals surface area contributed by atoms with E-state index in [1.54, 1.807) is 6.33 Å². The molecule has 0 saturated carbocycles. The number of aromatic amines is 1. The van der Waals surface area contributed by atoms with Crippen molar-refractivity contribution in [3.8, 4) is 6.07 Å². The van der Waals surface area contributed by atoms with Crippen molar-refractivity contribution >= 4 is 28.7 Å². The van der Waals surface area contributed by atoms with Gasteiger partial charge in [-0.1, -0.05) is 0 Å². The number of imidazole rings is 1. The van der Waals surface area contributed by atoms with Crippen LogP contribution in [0.2, 0.25) is 0 Å². The lowest BCUT2D eigenvalue weighted by Gasteiger charge is -2.38. The van der Waals surface area contributed by atoms with Crippen molar-refractivity contribution in [2.24, 2.45) is 7.05 Å². The zero-order valence-corrected chi connectivity index (χ0v) is 17.3. The average Bonchev–Trinajstić information content (AvgIpc) is 3.37. The summed E-state index contributed by atoms with van der Waals surface area (Å²) in [6, 6.07) is 5.62. The van der Waals surface area contributed by atoms with Crippen molar-refractivity contribution in [2.75, 3.05) is 17.2 Å². The molecule has 30 heavy (non-hydrogen) atoms. The van der Waals surface area contributed by atoms with E-state index in [1.807, 2.05) is 24.6 Å². The van der Waals surface area contributed by atoms with Crippen molar-refractivity contribution in [1.29, 1.82) is 5.26 Å². The molecule has 3 aromatic heterocycles. The normalized spacial score (nSPS) is 23.6. The van der Waals surface area contributed by atoms with Crippen molar-refractivity contribution < 1.29 is 0 Å². The van der Waals surface area contributed by atoms with Crippen LogP contribution >= 0.6 is 0 Å². The number of aryl methyl sites for hydroxylation is 2. The number of nitrogens with zero attached hydrogens (tertiary/aromatic N) is 7. The molecule has 0 aliphatic carbocycles. The van der Waals surface area contributed by atoms with Crippen LogP contribution in [0.25, 0.3) is 11.2 Å². The van der Waals surface area contributed by atoms with E-state index in [-0.39, 0.29) is 0 Å². The fourth-order valence-corrected chi connectivity index (χ4v) is 4.88. The minimum Gasteiger partial charge on any atom is -0.351 e. The quantitative estimate of drug-likeness (QED) is 0.570. The molecule has 3 atom stereocenters. The van der Waals surface area contributed by atoms with Gasteiger partial charge in [-0.15, -0.1) is 0 Å². The first kappa shape index (κ1) is 18.8. The number of anilines is 3. The molecule has 1 unspecified atom stereocenters. The molecule has 5 heterocycles. The van der Waals surface area contributed by atoms with Gasteiger partial charge in [0.05, 0.1) is 12.4 Å². The third kappa shape index (κ3) is 3.45. The molecule has 2 aliphatic heterocycles. The molecule has 0 amide bonds. The molecule has 10 nitrogen and oxygen atoms in total. The van der Waals surface area contributed by atoms with Gasteiger partial charge in [0.25, 0.3) is 0 Å². The Bertz CT molecular complexity index is 1080. The number of piperidine rings is 1. The fourth-order valence-electron chi connectivity index (χ4n) is 4.88. The maximum absolute atomic E-state index is 8.94. The molecule has 2 saturated heterocycles. The Morgan fingerprint density at radius 2 is 2.07 bits per heavy atom. The number of hydrogen-bond acceptors (Lipinski definition) is 8. The molecule has 2 aliphatic rings. The molecule has 156 valence electrons. The van der Waals surface area contributed by atoms with Gasteiger partial charge < -0.3 is 15.2 Å². The first-order valence-corrected chi connectivity index (χ1v) is 10.5. The summed E-state index contributed by atoms with van der Waals surface area (Å²) in [7, 11) is 1.93. The molecular weight excluding hydrogens is 380 g/mol. The summed E-state index contributed by atoms with van der Waals surface area (Å²) in [4.78, 5) is 16.4.